The van der Waals surface area contributed by atoms with E-state index in [2.05, 4.69) is 5.32 Å². The quantitative estimate of drug-likeness (QED) is 0.553. The van der Waals surface area contributed by atoms with Gasteiger partial charge in [0.25, 0.3) is 5.91 Å². The molecule has 0 aromatic rings. The monoisotopic (exact) mass is 184 g/mol. The van der Waals surface area contributed by atoms with Crippen molar-refractivity contribution < 1.29 is 14.6 Å². The second kappa shape index (κ2) is 3.01. The van der Waals surface area contributed by atoms with Crippen LogP contribution in [0.15, 0.2) is 23.8 Å². The summed E-state index contributed by atoms with van der Waals surface area (Å²) in [6.45, 7) is 1.48. The Labute approximate surface area is 75.9 Å². The van der Waals surface area contributed by atoms with E-state index in [-0.39, 0.29) is 11.5 Å². The highest BCUT2D eigenvalue weighted by Crippen LogP contribution is 2.22. The molecule has 0 saturated heterocycles. The standard InChI is InChI=1S/C8H12N2O3/c1-8(7(9)12)6(11)5(13-2)3-4-10-8/h3-4,10-11H,1-2H3,(H2,9,12). The first-order valence-electron chi connectivity index (χ1n) is 3.74. The number of primary amides is 1. The van der Waals surface area contributed by atoms with Crippen molar-refractivity contribution in [3.8, 4) is 0 Å². The van der Waals surface area contributed by atoms with Crippen LogP contribution in [0, 0.1) is 0 Å². The van der Waals surface area contributed by atoms with E-state index in [4.69, 9.17) is 10.5 Å². The van der Waals surface area contributed by atoms with Crippen LogP contribution in [-0.2, 0) is 9.53 Å². The van der Waals surface area contributed by atoms with E-state index in [1.165, 1.54) is 26.3 Å². The summed E-state index contributed by atoms with van der Waals surface area (Å²) >= 11 is 0. The van der Waals surface area contributed by atoms with Crippen molar-refractivity contribution in [1.29, 1.82) is 0 Å². The van der Waals surface area contributed by atoms with Gasteiger partial charge in [0.15, 0.2) is 17.1 Å². The second-order valence-electron chi connectivity index (χ2n) is 2.88. The Kier molecular flexibility index (Phi) is 2.18. The van der Waals surface area contributed by atoms with Crippen LogP contribution in [0.5, 0.6) is 0 Å². The topological polar surface area (TPSA) is 84.6 Å². The van der Waals surface area contributed by atoms with E-state index in [0.29, 0.717) is 0 Å². The maximum atomic E-state index is 11.0. The van der Waals surface area contributed by atoms with Gasteiger partial charge < -0.3 is 20.9 Å². The van der Waals surface area contributed by atoms with Crippen LogP contribution in [0.3, 0.4) is 0 Å². The summed E-state index contributed by atoms with van der Waals surface area (Å²) in [5.41, 5.74) is 3.85. The van der Waals surface area contributed by atoms with Gasteiger partial charge in [-0.1, -0.05) is 0 Å². The highest BCUT2D eigenvalue weighted by molar-refractivity contribution is 5.88. The van der Waals surface area contributed by atoms with Crippen LogP contribution >= 0.6 is 0 Å². The van der Waals surface area contributed by atoms with Gasteiger partial charge in [-0.25, -0.2) is 0 Å². The molecule has 1 aliphatic rings. The summed E-state index contributed by atoms with van der Waals surface area (Å²) in [4.78, 5) is 11.0. The van der Waals surface area contributed by atoms with Crippen molar-refractivity contribution in [3.05, 3.63) is 23.8 Å². The van der Waals surface area contributed by atoms with Gasteiger partial charge in [0, 0.05) is 6.20 Å². The van der Waals surface area contributed by atoms with Gasteiger partial charge in [0.2, 0.25) is 0 Å². The number of aliphatic hydroxyl groups is 1. The lowest BCUT2D eigenvalue weighted by Gasteiger charge is -2.29. The predicted molar refractivity (Wildman–Crippen MR) is 46.5 cm³/mol. The summed E-state index contributed by atoms with van der Waals surface area (Å²) in [5, 5.41) is 12.3. The molecule has 0 fully saturated rings. The largest absolute Gasteiger partial charge is 0.506 e. The van der Waals surface area contributed by atoms with Crippen molar-refractivity contribution in [2.75, 3.05) is 7.11 Å². The second-order valence-corrected chi connectivity index (χ2v) is 2.88. The summed E-state index contributed by atoms with van der Waals surface area (Å²) in [6, 6.07) is 0. The number of hydrogen-bond acceptors (Lipinski definition) is 4. The van der Waals surface area contributed by atoms with E-state index < -0.39 is 11.4 Å². The average Bonchev–Trinajstić information content (AvgIpc) is 2.09. The number of dihydropyridines is 1. The zero-order chi connectivity index (χ0) is 10.1. The molecule has 0 spiro atoms. The number of amides is 1. The first kappa shape index (κ1) is 9.44. The van der Waals surface area contributed by atoms with Crippen LogP contribution in [0.2, 0.25) is 0 Å². The van der Waals surface area contributed by atoms with Gasteiger partial charge >= 0.3 is 0 Å². The third-order valence-electron chi connectivity index (χ3n) is 2.03. The fraction of sp³-hybridized carbons (Fsp3) is 0.375. The number of nitrogens with two attached hydrogens (primary N) is 1. The Bertz CT molecular complexity index is 296. The lowest BCUT2D eigenvalue weighted by atomic mass is 9.96. The lowest BCUT2D eigenvalue weighted by Crippen LogP contribution is -2.54. The van der Waals surface area contributed by atoms with Crippen molar-refractivity contribution in [2.45, 2.75) is 12.5 Å². The maximum absolute atomic E-state index is 11.0. The Hall–Kier alpha value is -1.65. The van der Waals surface area contributed by atoms with Crippen LogP contribution in [0.1, 0.15) is 6.92 Å². The Morgan fingerprint density at radius 1 is 1.77 bits per heavy atom. The summed E-state index contributed by atoms with van der Waals surface area (Å²) in [5.74, 6) is -0.631. The molecule has 0 aromatic carbocycles. The Morgan fingerprint density at radius 3 is 2.85 bits per heavy atom. The molecule has 0 radical (unpaired) electrons. The average molecular weight is 184 g/mol. The van der Waals surface area contributed by atoms with Crippen molar-refractivity contribution in [2.24, 2.45) is 5.73 Å². The fourth-order valence-corrected chi connectivity index (χ4v) is 1.03. The smallest absolute Gasteiger partial charge is 0.250 e. The number of carbonyl (C=O) groups excluding carboxylic acids is 1. The van der Waals surface area contributed by atoms with E-state index in [1.54, 1.807) is 0 Å². The molecule has 72 valence electrons. The summed E-state index contributed by atoms with van der Waals surface area (Å²) in [6.07, 6.45) is 3.02. The van der Waals surface area contributed by atoms with Gasteiger partial charge in [-0.3, -0.25) is 4.79 Å². The van der Waals surface area contributed by atoms with Crippen LogP contribution < -0.4 is 11.1 Å². The molecule has 1 aliphatic heterocycles. The SMILES string of the molecule is COC1=C(O)C(C)(C(N)=O)NC=C1. The number of aliphatic hydroxyl groups excluding tert-OH is 1. The van der Waals surface area contributed by atoms with Crippen LogP contribution in [0.4, 0.5) is 0 Å². The number of rotatable bonds is 2. The van der Waals surface area contributed by atoms with E-state index in [9.17, 15) is 9.90 Å². The molecule has 0 saturated carbocycles. The molecule has 0 aromatic heterocycles. The highest BCUT2D eigenvalue weighted by atomic mass is 16.5. The molecular weight excluding hydrogens is 172 g/mol. The predicted octanol–water partition coefficient (Wildman–Crippen LogP) is -0.237. The van der Waals surface area contributed by atoms with Gasteiger partial charge in [0.05, 0.1) is 7.11 Å². The minimum Gasteiger partial charge on any atom is -0.506 e. The number of hydrogen-bond donors (Lipinski definition) is 3. The number of carbonyl (C=O) groups is 1. The number of allylic oxidation sites excluding steroid dienone is 1. The van der Waals surface area contributed by atoms with Gasteiger partial charge in [0.1, 0.15) is 0 Å². The Morgan fingerprint density at radius 2 is 2.38 bits per heavy atom. The Balaban J connectivity index is 3.12. The molecular formula is C8H12N2O3. The molecule has 1 heterocycles. The first-order chi connectivity index (χ1) is 6.02. The highest BCUT2D eigenvalue weighted by Gasteiger charge is 2.38. The molecule has 5 heteroatoms. The molecule has 0 aliphatic carbocycles. The van der Waals surface area contributed by atoms with Gasteiger partial charge in [-0.2, -0.15) is 0 Å². The van der Waals surface area contributed by atoms with Crippen LogP contribution in [-0.4, -0.2) is 23.7 Å². The lowest BCUT2D eigenvalue weighted by molar-refractivity contribution is -0.123. The molecule has 1 rings (SSSR count). The number of methoxy groups -OCH3 is 1. The molecule has 0 bridgehead atoms. The molecule has 13 heavy (non-hydrogen) atoms. The van der Waals surface area contributed by atoms with E-state index in [0.717, 1.165) is 0 Å². The molecule has 1 amide bonds. The summed E-state index contributed by atoms with van der Waals surface area (Å²) < 4.78 is 4.84. The third-order valence-corrected chi connectivity index (χ3v) is 2.03. The van der Waals surface area contributed by atoms with Crippen molar-refractivity contribution in [3.63, 3.8) is 0 Å². The first-order valence-corrected chi connectivity index (χ1v) is 3.74. The van der Waals surface area contributed by atoms with E-state index >= 15 is 0 Å². The number of ether oxygens (including phenoxy) is 1. The number of nitrogens with one attached hydrogen (secondary N) is 1. The summed E-state index contributed by atoms with van der Waals surface area (Å²) in [7, 11) is 1.41. The third kappa shape index (κ3) is 1.32. The molecule has 1 unspecified atom stereocenters. The fourth-order valence-electron chi connectivity index (χ4n) is 1.03. The zero-order valence-electron chi connectivity index (χ0n) is 7.50. The minimum absolute atomic E-state index is 0.204. The minimum atomic E-state index is -1.28. The zero-order valence-corrected chi connectivity index (χ0v) is 7.50. The maximum Gasteiger partial charge on any atom is 0.250 e. The van der Waals surface area contributed by atoms with E-state index in [1.807, 2.05) is 0 Å². The molecule has 1 atom stereocenters. The van der Waals surface area contributed by atoms with Gasteiger partial charge in [-0.15, -0.1) is 0 Å². The van der Waals surface area contributed by atoms with Crippen molar-refractivity contribution in [1.82, 2.24) is 5.32 Å². The normalized spacial score (nSPS) is 26.9. The van der Waals surface area contributed by atoms with Crippen molar-refractivity contribution >= 4 is 5.91 Å². The molecule has 5 nitrogen and oxygen atoms in total. The molecule has 4 N–H and O–H groups in total. The van der Waals surface area contributed by atoms with Crippen LogP contribution in [0.25, 0.3) is 0 Å². The van der Waals surface area contributed by atoms with Gasteiger partial charge in [-0.05, 0) is 13.0 Å².